The predicted molar refractivity (Wildman–Crippen MR) is 138 cm³/mol. The zero-order valence-corrected chi connectivity index (χ0v) is 22.3. The molecular weight excluding hydrogens is 511 g/mol. The molecule has 174 valence electrons. The summed E-state index contributed by atoms with van der Waals surface area (Å²) in [5.41, 5.74) is 1.22. The van der Waals surface area contributed by atoms with Gasteiger partial charge in [-0.1, -0.05) is 0 Å². The van der Waals surface area contributed by atoms with E-state index in [1.807, 2.05) is 0 Å². The number of rotatable bonds is 12. The van der Waals surface area contributed by atoms with Gasteiger partial charge in [-0.25, -0.2) is 4.98 Å². The number of guanidine groups is 1. The van der Waals surface area contributed by atoms with Crippen molar-refractivity contribution in [1.82, 2.24) is 25.4 Å². The Bertz CT molecular complexity index is 592. The molecule has 7 nitrogen and oxygen atoms in total. The first-order chi connectivity index (χ1) is 14.1. The smallest absolute Gasteiger partial charge is 0.191 e. The fourth-order valence-corrected chi connectivity index (χ4v) is 4.16. The lowest BCUT2D eigenvalue weighted by molar-refractivity contribution is 0.179. The van der Waals surface area contributed by atoms with Gasteiger partial charge in [-0.3, -0.25) is 9.89 Å². The van der Waals surface area contributed by atoms with Gasteiger partial charge in [-0.15, -0.1) is 35.3 Å². The van der Waals surface area contributed by atoms with Crippen LogP contribution in [0.2, 0.25) is 0 Å². The molecular formula is C21H41IN6OS. The van der Waals surface area contributed by atoms with E-state index >= 15 is 0 Å². The van der Waals surface area contributed by atoms with Crippen LogP contribution in [0.25, 0.3) is 0 Å². The molecule has 2 heterocycles. The van der Waals surface area contributed by atoms with E-state index in [0.717, 1.165) is 76.4 Å². The van der Waals surface area contributed by atoms with Crippen LogP contribution >= 0.6 is 35.3 Å². The molecule has 2 rings (SSSR count). The molecule has 1 aromatic rings. The van der Waals surface area contributed by atoms with Gasteiger partial charge in [0.25, 0.3) is 0 Å². The van der Waals surface area contributed by atoms with Crippen molar-refractivity contribution in [3.8, 4) is 0 Å². The van der Waals surface area contributed by atoms with Crippen molar-refractivity contribution >= 4 is 41.3 Å². The lowest BCUT2D eigenvalue weighted by Crippen LogP contribution is -2.41. The fourth-order valence-electron chi connectivity index (χ4n) is 3.55. The van der Waals surface area contributed by atoms with Crippen LogP contribution in [-0.2, 0) is 11.3 Å². The number of hydrogen-bond acceptors (Lipinski definition) is 6. The number of piperidine rings is 1. The van der Waals surface area contributed by atoms with Crippen molar-refractivity contribution in [2.45, 2.75) is 39.7 Å². The van der Waals surface area contributed by atoms with Gasteiger partial charge in [0.2, 0.25) is 0 Å². The number of likely N-dealkylation sites (N-methyl/N-ethyl adjacent to an activating group) is 1. The van der Waals surface area contributed by atoms with Crippen LogP contribution in [0, 0.1) is 12.8 Å². The van der Waals surface area contributed by atoms with Crippen molar-refractivity contribution in [3.63, 3.8) is 0 Å². The van der Waals surface area contributed by atoms with Gasteiger partial charge in [0.15, 0.2) is 5.96 Å². The van der Waals surface area contributed by atoms with Crippen molar-refractivity contribution in [1.29, 1.82) is 0 Å². The average Bonchev–Trinajstić information content (AvgIpc) is 3.12. The van der Waals surface area contributed by atoms with E-state index in [2.05, 4.69) is 51.7 Å². The van der Waals surface area contributed by atoms with Gasteiger partial charge in [-0.05, 0) is 59.2 Å². The Morgan fingerprint density at radius 1 is 1.33 bits per heavy atom. The Morgan fingerprint density at radius 2 is 2.10 bits per heavy atom. The van der Waals surface area contributed by atoms with Gasteiger partial charge >= 0.3 is 0 Å². The summed E-state index contributed by atoms with van der Waals surface area (Å²) in [7, 11) is 3.91. The highest BCUT2D eigenvalue weighted by Crippen LogP contribution is 2.20. The first-order valence-electron chi connectivity index (χ1n) is 10.9. The van der Waals surface area contributed by atoms with Crippen molar-refractivity contribution in [2.75, 3.05) is 66.6 Å². The Kier molecular flexibility index (Phi) is 14.9. The second-order valence-electron chi connectivity index (χ2n) is 7.87. The number of aryl methyl sites for hydroxylation is 1. The number of nitrogens with one attached hydrogen (secondary N) is 2. The molecule has 0 saturated carbocycles. The molecule has 1 aromatic heterocycles. The summed E-state index contributed by atoms with van der Waals surface area (Å²) >= 11 is 1.74. The van der Waals surface area contributed by atoms with E-state index in [-0.39, 0.29) is 24.0 Å². The molecule has 0 unspecified atom stereocenters. The van der Waals surface area contributed by atoms with E-state index in [0.29, 0.717) is 5.92 Å². The lowest BCUT2D eigenvalue weighted by atomic mass is 9.97. The number of thiazole rings is 1. The van der Waals surface area contributed by atoms with Gasteiger partial charge < -0.3 is 20.3 Å². The van der Waals surface area contributed by atoms with Gasteiger partial charge in [0.1, 0.15) is 0 Å². The summed E-state index contributed by atoms with van der Waals surface area (Å²) in [6.07, 6.45) is 3.50. The largest absolute Gasteiger partial charge is 0.385 e. The highest BCUT2D eigenvalue weighted by molar-refractivity contribution is 14.0. The van der Waals surface area contributed by atoms with E-state index in [9.17, 15) is 0 Å². The molecule has 0 spiro atoms. The van der Waals surface area contributed by atoms with Gasteiger partial charge in [0.05, 0.1) is 10.7 Å². The summed E-state index contributed by atoms with van der Waals surface area (Å²) in [5, 5.41) is 10.2. The molecule has 30 heavy (non-hydrogen) atoms. The second kappa shape index (κ2) is 16.2. The zero-order chi connectivity index (χ0) is 20.9. The third kappa shape index (κ3) is 11.2. The number of methoxy groups -OCH3 is 1. The molecule has 1 aliphatic heterocycles. The normalized spacial score (nSPS) is 16.0. The molecule has 1 aliphatic rings. The fraction of sp³-hybridized carbons (Fsp3) is 0.810. The van der Waals surface area contributed by atoms with Gasteiger partial charge in [-0.2, -0.15) is 0 Å². The highest BCUT2D eigenvalue weighted by Gasteiger charge is 2.19. The number of aliphatic imine (C=N–C) groups is 1. The number of ether oxygens (including phenoxy) is 1. The van der Waals surface area contributed by atoms with E-state index in [1.54, 1.807) is 18.4 Å². The third-order valence-corrected chi connectivity index (χ3v) is 6.11. The number of nitrogens with zero attached hydrogens (tertiary/aromatic N) is 4. The summed E-state index contributed by atoms with van der Waals surface area (Å²) in [6, 6.07) is 0. The number of hydrogen-bond donors (Lipinski definition) is 2. The van der Waals surface area contributed by atoms with Crippen LogP contribution in [0.1, 0.15) is 36.9 Å². The molecule has 1 saturated heterocycles. The topological polar surface area (TPSA) is 65.0 Å². The summed E-state index contributed by atoms with van der Waals surface area (Å²) in [4.78, 5) is 14.3. The SMILES string of the molecule is CCNC(=NCC1CCN(Cc2csc(C)n2)CC1)NCCN(C)CCCOC.I. The molecule has 2 N–H and O–H groups in total. The van der Waals surface area contributed by atoms with Crippen LogP contribution in [0.3, 0.4) is 0 Å². The minimum absolute atomic E-state index is 0. The first kappa shape index (κ1) is 27.5. The zero-order valence-electron chi connectivity index (χ0n) is 19.2. The summed E-state index contributed by atoms with van der Waals surface area (Å²) < 4.78 is 5.12. The Labute approximate surface area is 204 Å². The molecule has 0 aliphatic carbocycles. The second-order valence-corrected chi connectivity index (χ2v) is 8.94. The van der Waals surface area contributed by atoms with Crippen LogP contribution in [0.15, 0.2) is 10.4 Å². The summed E-state index contributed by atoms with van der Waals surface area (Å²) in [5.74, 6) is 1.62. The quantitative estimate of drug-likeness (QED) is 0.180. The third-order valence-electron chi connectivity index (χ3n) is 5.29. The van der Waals surface area contributed by atoms with Crippen LogP contribution in [0.5, 0.6) is 0 Å². The number of aromatic nitrogens is 1. The molecule has 1 fully saturated rings. The lowest BCUT2D eigenvalue weighted by Gasteiger charge is -2.30. The van der Waals surface area contributed by atoms with Crippen molar-refractivity contribution < 1.29 is 4.74 Å². The maximum Gasteiger partial charge on any atom is 0.191 e. The summed E-state index contributed by atoms with van der Waals surface area (Å²) in [6.45, 7) is 13.1. The van der Waals surface area contributed by atoms with Gasteiger partial charge in [0, 0.05) is 58.4 Å². The molecule has 0 amide bonds. The van der Waals surface area contributed by atoms with Crippen LogP contribution in [-0.4, -0.2) is 87.3 Å². The Hall–Kier alpha value is -0.490. The monoisotopic (exact) mass is 552 g/mol. The first-order valence-corrected chi connectivity index (χ1v) is 11.8. The van der Waals surface area contributed by atoms with Crippen LogP contribution in [0.4, 0.5) is 0 Å². The van der Waals surface area contributed by atoms with E-state index in [1.165, 1.54) is 18.5 Å². The van der Waals surface area contributed by atoms with E-state index < -0.39 is 0 Å². The Balaban J connectivity index is 0.00000450. The average molecular weight is 553 g/mol. The molecule has 0 radical (unpaired) electrons. The van der Waals surface area contributed by atoms with Crippen molar-refractivity contribution in [3.05, 3.63) is 16.1 Å². The Morgan fingerprint density at radius 3 is 2.73 bits per heavy atom. The molecule has 0 aromatic carbocycles. The molecule has 0 bridgehead atoms. The maximum absolute atomic E-state index is 5.12. The van der Waals surface area contributed by atoms with Crippen LogP contribution < -0.4 is 10.6 Å². The van der Waals surface area contributed by atoms with E-state index in [4.69, 9.17) is 9.73 Å². The standard InChI is InChI=1S/C21H40N6OS.HI/c1-5-22-21(23-9-13-26(3)10-6-14-28-4)24-15-19-7-11-27(12-8-19)16-20-17-29-18(2)25-20;/h17,19H,5-16H2,1-4H3,(H2,22,23,24);1H. The highest BCUT2D eigenvalue weighted by atomic mass is 127. The predicted octanol–water partition coefficient (Wildman–Crippen LogP) is 2.80. The number of halogens is 1. The molecule has 9 heteroatoms. The minimum Gasteiger partial charge on any atom is -0.385 e. The maximum atomic E-state index is 5.12. The number of likely N-dealkylation sites (tertiary alicyclic amines) is 1. The molecule has 0 atom stereocenters. The van der Waals surface area contributed by atoms with Crippen molar-refractivity contribution in [2.24, 2.45) is 10.9 Å². The minimum atomic E-state index is 0.